The van der Waals surface area contributed by atoms with Gasteiger partial charge in [-0.3, -0.25) is 4.79 Å². The summed E-state index contributed by atoms with van der Waals surface area (Å²) in [6.07, 6.45) is 4.92. The van der Waals surface area contributed by atoms with Gasteiger partial charge < -0.3 is 10.4 Å². The first-order chi connectivity index (χ1) is 8.58. The second-order valence-electron chi connectivity index (χ2n) is 3.47. The van der Waals surface area contributed by atoms with Crippen LogP contribution in [-0.2, 0) is 4.79 Å². The lowest BCUT2D eigenvalue weighted by molar-refractivity contribution is -0.139. The maximum Gasteiger partial charge on any atom is 0.327 e. The molecule has 5 heteroatoms. The van der Waals surface area contributed by atoms with E-state index in [0.29, 0.717) is 5.56 Å². The van der Waals surface area contributed by atoms with Crippen molar-refractivity contribution in [1.82, 2.24) is 5.32 Å². The molecule has 0 aliphatic carbocycles. The van der Waals surface area contributed by atoms with E-state index in [-0.39, 0.29) is 12.0 Å². The molecular formula is C13H10N2O3. The van der Waals surface area contributed by atoms with Gasteiger partial charge in [-0.2, -0.15) is 5.26 Å². The fraction of sp³-hybridized carbons (Fsp3) is 0.154. The minimum absolute atomic E-state index is 0.0982. The van der Waals surface area contributed by atoms with Crippen LogP contribution in [0.15, 0.2) is 24.3 Å². The van der Waals surface area contributed by atoms with Gasteiger partial charge in [0.15, 0.2) is 0 Å². The molecule has 5 nitrogen and oxygen atoms in total. The Balaban J connectivity index is 2.84. The molecule has 18 heavy (non-hydrogen) atoms. The van der Waals surface area contributed by atoms with Gasteiger partial charge in [0.1, 0.15) is 6.04 Å². The number of carboxylic acid groups (broad SMARTS) is 1. The fourth-order valence-electron chi connectivity index (χ4n) is 1.29. The third kappa shape index (κ3) is 3.36. The largest absolute Gasteiger partial charge is 0.480 e. The Kier molecular flexibility index (Phi) is 4.48. The molecule has 1 atom stereocenters. The highest BCUT2D eigenvalue weighted by Gasteiger charge is 2.19. The minimum Gasteiger partial charge on any atom is -0.480 e. The lowest BCUT2D eigenvalue weighted by Crippen LogP contribution is -2.40. The summed E-state index contributed by atoms with van der Waals surface area (Å²) in [6, 6.07) is 6.73. The van der Waals surface area contributed by atoms with E-state index >= 15 is 0 Å². The van der Waals surface area contributed by atoms with Gasteiger partial charge in [-0.05, 0) is 18.2 Å². The Bertz CT molecular complexity index is 552. The van der Waals surface area contributed by atoms with Crippen molar-refractivity contribution in [3.63, 3.8) is 0 Å². The van der Waals surface area contributed by atoms with Crippen LogP contribution in [0.4, 0.5) is 0 Å². The number of nitrogens with one attached hydrogen (secondary N) is 1. The number of hydrogen-bond donors (Lipinski definition) is 2. The number of carboxylic acids is 1. The van der Waals surface area contributed by atoms with Gasteiger partial charge in [0.05, 0.1) is 11.6 Å². The summed E-state index contributed by atoms with van der Waals surface area (Å²) < 4.78 is 0. The zero-order valence-electron chi connectivity index (χ0n) is 9.38. The van der Waals surface area contributed by atoms with Gasteiger partial charge >= 0.3 is 5.97 Å². The molecule has 0 bridgehead atoms. The van der Waals surface area contributed by atoms with E-state index in [2.05, 4.69) is 11.2 Å². The maximum atomic E-state index is 11.8. The topological polar surface area (TPSA) is 90.2 Å². The van der Waals surface area contributed by atoms with Crippen LogP contribution < -0.4 is 5.32 Å². The third-order valence-electron chi connectivity index (χ3n) is 2.18. The van der Waals surface area contributed by atoms with Crippen molar-refractivity contribution in [1.29, 1.82) is 5.26 Å². The van der Waals surface area contributed by atoms with Crippen LogP contribution in [0, 0.1) is 23.7 Å². The minimum atomic E-state index is -1.20. The highest BCUT2D eigenvalue weighted by atomic mass is 16.4. The molecule has 0 aromatic heterocycles. The molecular weight excluding hydrogens is 232 g/mol. The summed E-state index contributed by atoms with van der Waals surface area (Å²) in [5, 5.41) is 19.8. The number of carbonyl (C=O) groups excluding carboxylic acids is 1. The van der Waals surface area contributed by atoms with Gasteiger partial charge in [0, 0.05) is 12.0 Å². The van der Waals surface area contributed by atoms with Crippen molar-refractivity contribution in [3.8, 4) is 18.4 Å². The molecule has 0 aliphatic rings. The maximum absolute atomic E-state index is 11.8. The van der Waals surface area contributed by atoms with E-state index < -0.39 is 17.9 Å². The second kappa shape index (κ2) is 6.07. The first kappa shape index (κ1) is 13.3. The van der Waals surface area contributed by atoms with E-state index in [0.717, 1.165) is 0 Å². The van der Waals surface area contributed by atoms with Crippen molar-refractivity contribution in [2.75, 3.05) is 0 Å². The molecule has 1 aromatic rings. The Labute approximate surface area is 104 Å². The second-order valence-corrected chi connectivity index (χ2v) is 3.47. The number of nitrogens with zero attached hydrogens (tertiary/aromatic N) is 1. The van der Waals surface area contributed by atoms with Crippen LogP contribution in [-0.4, -0.2) is 23.0 Å². The summed E-state index contributed by atoms with van der Waals surface area (Å²) in [6.45, 7) is 0. The van der Waals surface area contributed by atoms with E-state index in [1.165, 1.54) is 12.1 Å². The van der Waals surface area contributed by atoms with Gasteiger partial charge in [0.25, 0.3) is 5.91 Å². The number of aliphatic carboxylic acids is 1. The first-order valence-corrected chi connectivity index (χ1v) is 5.05. The molecule has 90 valence electrons. The summed E-state index contributed by atoms with van der Waals surface area (Å²) in [5.74, 6) is 0.410. The van der Waals surface area contributed by atoms with Gasteiger partial charge in [0.2, 0.25) is 0 Å². The highest BCUT2D eigenvalue weighted by molar-refractivity contribution is 5.96. The van der Waals surface area contributed by atoms with Crippen LogP contribution in [0.3, 0.4) is 0 Å². The predicted octanol–water partition coefficient (Wildman–Crippen LogP) is 0.765. The van der Waals surface area contributed by atoms with Gasteiger partial charge in [-0.15, -0.1) is 12.3 Å². The predicted molar refractivity (Wildman–Crippen MR) is 63.5 cm³/mol. The van der Waals surface area contributed by atoms with Gasteiger partial charge in [-0.25, -0.2) is 4.79 Å². The molecule has 1 unspecified atom stereocenters. The molecule has 0 saturated carbocycles. The standard InChI is InChI=1S/C13H10N2O3/c1-2-4-11(13(17)18)15-12(16)10-6-3-5-9(7-10)8-14/h1,3,5-7,11H,4H2,(H,15,16)(H,17,18). The normalized spacial score (nSPS) is 10.8. The van der Waals surface area contributed by atoms with E-state index in [1.807, 2.05) is 6.07 Å². The van der Waals surface area contributed by atoms with Crippen molar-refractivity contribution < 1.29 is 14.7 Å². The molecule has 1 aromatic carbocycles. The van der Waals surface area contributed by atoms with Crippen molar-refractivity contribution in [2.24, 2.45) is 0 Å². The number of hydrogen-bond acceptors (Lipinski definition) is 3. The molecule has 0 fully saturated rings. The summed E-state index contributed by atoms with van der Waals surface area (Å²) in [7, 11) is 0. The first-order valence-electron chi connectivity index (χ1n) is 5.05. The lowest BCUT2D eigenvalue weighted by atomic mass is 10.1. The Morgan fingerprint density at radius 2 is 2.22 bits per heavy atom. The number of nitriles is 1. The average molecular weight is 242 g/mol. The van der Waals surface area contributed by atoms with Crippen molar-refractivity contribution >= 4 is 11.9 Å². The van der Waals surface area contributed by atoms with Crippen LogP contribution in [0.2, 0.25) is 0 Å². The van der Waals surface area contributed by atoms with Gasteiger partial charge in [-0.1, -0.05) is 6.07 Å². The number of amides is 1. The quantitative estimate of drug-likeness (QED) is 0.763. The smallest absolute Gasteiger partial charge is 0.327 e. The Morgan fingerprint density at radius 1 is 1.50 bits per heavy atom. The van der Waals surface area contributed by atoms with E-state index in [9.17, 15) is 9.59 Å². The number of terminal acetylenes is 1. The summed E-state index contributed by atoms with van der Waals surface area (Å²) in [4.78, 5) is 22.6. The Morgan fingerprint density at radius 3 is 2.78 bits per heavy atom. The van der Waals surface area contributed by atoms with Crippen molar-refractivity contribution in [2.45, 2.75) is 12.5 Å². The molecule has 0 aliphatic heterocycles. The summed E-state index contributed by atoms with van der Waals surface area (Å²) in [5.41, 5.74) is 0.545. The average Bonchev–Trinajstić information content (AvgIpc) is 2.38. The number of benzene rings is 1. The molecule has 1 amide bonds. The van der Waals surface area contributed by atoms with Crippen LogP contribution in [0.1, 0.15) is 22.3 Å². The number of rotatable bonds is 4. The summed E-state index contributed by atoms with van der Waals surface area (Å²) >= 11 is 0. The zero-order valence-corrected chi connectivity index (χ0v) is 9.38. The number of carbonyl (C=O) groups is 2. The Hall–Kier alpha value is -2.79. The van der Waals surface area contributed by atoms with Crippen molar-refractivity contribution in [3.05, 3.63) is 35.4 Å². The monoisotopic (exact) mass is 242 g/mol. The molecule has 0 heterocycles. The molecule has 1 rings (SSSR count). The highest BCUT2D eigenvalue weighted by Crippen LogP contribution is 2.05. The molecule has 0 spiro atoms. The van der Waals surface area contributed by atoms with E-state index in [1.54, 1.807) is 12.1 Å². The molecule has 0 saturated heterocycles. The molecule has 2 N–H and O–H groups in total. The van der Waals surface area contributed by atoms with Crippen LogP contribution in [0.5, 0.6) is 0 Å². The molecule has 0 radical (unpaired) electrons. The fourth-order valence-corrected chi connectivity index (χ4v) is 1.29. The van der Waals surface area contributed by atoms with Crippen LogP contribution in [0.25, 0.3) is 0 Å². The van der Waals surface area contributed by atoms with Crippen LogP contribution >= 0.6 is 0 Å². The lowest BCUT2D eigenvalue weighted by Gasteiger charge is -2.11. The van der Waals surface area contributed by atoms with E-state index in [4.69, 9.17) is 16.8 Å². The third-order valence-corrected chi connectivity index (χ3v) is 2.18. The zero-order chi connectivity index (χ0) is 13.5. The SMILES string of the molecule is C#CCC(NC(=O)c1cccc(C#N)c1)C(=O)O.